The second kappa shape index (κ2) is 8.08. The minimum absolute atomic E-state index is 0.317. The highest BCUT2D eigenvalue weighted by Crippen LogP contribution is 2.33. The zero-order valence-corrected chi connectivity index (χ0v) is 16.3. The van der Waals surface area contributed by atoms with Crippen molar-refractivity contribution < 1.29 is 0 Å². The van der Waals surface area contributed by atoms with Crippen LogP contribution >= 0.6 is 0 Å². The zero-order valence-electron chi connectivity index (χ0n) is 16.3. The standard InChI is InChI=1S/C25H28N2/c1-19-8-9-20(2)24(18-19)25(27-16-14-26-15-17-27)23-12-10-22(11-13-23)21-6-4-3-5-7-21/h3-13,18,25-26H,14-17H2,1-2H3. The van der Waals surface area contributed by atoms with Crippen LogP contribution in [0.5, 0.6) is 0 Å². The van der Waals surface area contributed by atoms with Gasteiger partial charge in [-0.25, -0.2) is 0 Å². The third-order valence-electron chi connectivity index (χ3n) is 5.58. The van der Waals surface area contributed by atoms with E-state index >= 15 is 0 Å². The van der Waals surface area contributed by atoms with Crippen LogP contribution in [0.15, 0.2) is 72.8 Å². The van der Waals surface area contributed by atoms with Crippen LogP contribution in [0.2, 0.25) is 0 Å². The molecular formula is C25H28N2. The van der Waals surface area contributed by atoms with Gasteiger partial charge in [0.2, 0.25) is 0 Å². The topological polar surface area (TPSA) is 15.3 Å². The second-order valence-corrected chi connectivity index (χ2v) is 7.54. The Morgan fingerprint density at radius 1 is 0.778 bits per heavy atom. The maximum Gasteiger partial charge on any atom is 0.0605 e. The second-order valence-electron chi connectivity index (χ2n) is 7.54. The van der Waals surface area contributed by atoms with E-state index < -0.39 is 0 Å². The molecule has 4 rings (SSSR count). The Kier molecular flexibility index (Phi) is 5.38. The maximum atomic E-state index is 3.49. The summed E-state index contributed by atoms with van der Waals surface area (Å²) in [6.07, 6.45) is 0. The van der Waals surface area contributed by atoms with Crippen LogP contribution in [0.1, 0.15) is 28.3 Å². The third-order valence-corrected chi connectivity index (χ3v) is 5.58. The Labute approximate surface area is 162 Å². The van der Waals surface area contributed by atoms with Crippen molar-refractivity contribution in [1.82, 2.24) is 10.2 Å². The first-order valence-electron chi connectivity index (χ1n) is 9.90. The van der Waals surface area contributed by atoms with E-state index in [0.29, 0.717) is 6.04 Å². The SMILES string of the molecule is Cc1ccc(C)c(C(c2ccc(-c3ccccc3)cc2)N2CCNCC2)c1. The summed E-state index contributed by atoms with van der Waals surface area (Å²) < 4.78 is 0. The Morgan fingerprint density at radius 3 is 2.15 bits per heavy atom. The molecule has 1 fully saturated rings. The molecule has 1 unspecified atom stereocenters. The molecule has 1 N–H and O–H groups in total. The van der Waals surface area contributed by atoms with E-state index in [9.17, 15) is 0 Å². The van der Waals surface area contributed by atoms with Gasteiger partial charge in [-0.2, -0.15) is 0 Å². The van der Waals surface area contributed by atoms with Crippen molar-refractivity contribution in [1.29, 1.82) is 0 Å². The van der Waals surface area contributed by atoms with Crippen LogP contribution in [0.25, 0.3) is 11.1 Å². The number of aryl methyl sites for hydroxylation is 2. The number of hydrogen-bond donors (Lipinski definition) is 1. The summed E-state index contributed by atoms with van der Waals surface area (Å²) in [5, 5.41) is 3.49. The lowest BCUT2D eigenvalue weighted by Crippen LogP contribution is -2.45. The van der Waals surface area contributed by atoms with Crippen LogP contribution in [0, 0.1) is 13.8 Å². The Morgan fingerprint density at radius 2 is 1.44 bits per heavy atom. The Bertz CT molecular complexity index is 878. The molecular weight excluding hydrogens is 328 g/mol. The third kappa shape index (κ3) is 3.97. The van der Waals surface area contributed by atoms with Gasteiger partial charge in [0.1, 0.15) is 0 Å². The van der Waals surface area contributed by atoms with Crippen LogP contribution in [-0.4, -0.2) is 31.1 Å². The van der Waals surface area contributed by atoms with Gasteiger partial charge in [0.15, 0.2) is 0 Å². The van der Waals surface area contributed by atoms with Crippen molar-refractivity contribution in [3.05, 3.63) is 95.1 Å². The van der Waals surface area contributed by atoms with Crippen LogP contribution in [0.4, 0.5) is 0 Å². The lowest BCUT2D eigenvalue weighted by Gasteiger charge is -2.36. The summed E-state index contributed by atoms with van der Waals surface area (Å²) in [5.74, 6) is 0. The van der Waals surface area contributed by atoms with Crippen LogP contribution in [0.3, 0.4) is 0 Å². The van der Waals surface area contributed by atoms with E-state index in [1.165, 1.54) is 33.4 Å². The molecule has 0 aliphatic carbocycles. The number of rotatable bonds is 4. The molecule has 138 valence electrons. The first kappa shape index (κ1) is 18.0. The molecule has 1 aliphatic heterocycles. The average molecular weight is 357 g/mol. The smallest absolute Gasteiger partial charge is 0.0605 e. The minimum Gasteiger partial charge on any atom is -0.314 e. The molecule has 27 heavy (non-hydrogen) atoms. The molecule has 1 atom stereocenters. The first-order chi connectivity index (χ1) is 13.2. The molecule has 1 saturated heterocycles. The Balaban J connectivity index is 1.73. The van der Waals surface area contributed by atoms with Gasteiger partial charge in [-0.3, -0.25) is 4.90 Å². The molecule has 2 heteroatoms. The fourth-order valence-electron chi connectivity index (χ4n) is 4.07. The molecule has 0 amide bonds. The van der Waals surface area contributed by atoms with Crippen molar-refractivity contribution in [3.63, 3.8) is 0 Å². The fourth-order valence-corrected chi connectivity index (χ4v) is 4.07. The molecule has 0 radical (unpaired) electrons. The van der Waals surface area contributed by atoms with Crippen LogP contribution < -0.4 is 5.32 Å². The molecule has 0 bridgehead atoms. The quantitative estimate of drug-likeness (QED) is 0.710. The number of piperazine rings is 1. The molecule has 0 saturated carbocycles. The van der Waals surface area contributed by atoms with E-state index in [1.807, 2.05) is 0 Å². The summed E-state index contributed by atoms with van der Waals surface area (Å²) in [5.41, 5.74) is 8.07. The van der Waals surface area contributed by atoms with Crippen molar-refractivity contribution in [2.75, 3.05) is 26.2 Å². The predicted molar refractivity (Wildman–Crippen MR) is 114 cm³/mol. The highest BCUT2D eigenvalue weighted by Gasteiger charge is 2.25. The predicted octanol–water partition coefficient (Wildman–Crippen LogP) is 4.97. The Hall–Kier alpha value is -2.42. The number of nitrogens with zero attached hydrogens (tertiary/aromatic N) is 1. The summed E-state index contributed by atoms with van der Waals surface area (Å²) in [4.78, 5) is 2.62. The molecule has 3 aromatic carbocycles. The summed E-state index contributed by atoms with van der Waals surface area (Å²) >= 11 is 0. The van der Waals surface area contributed by atoms with Gasteiger partial charge in [0.05, 0.1) is 6.04 Å². The van der Waals surface area contributed by atoms with Crippen molar-refractivity contribution in [3.8, 4) is 11.1 Å². The summed E-state index contributed by atoms with van der Waals surface area (Å²) in [7, 11) is 0. The highest BCUT2D eigenvalue weighted by molar-refractivity contribution is 5.63. The van der Waals surface area contributed by atoms with Gasteiger partial charge in [-0.05, 0) is 41.7 Å². The molecule has 1 heterocycles. The van der Waals surface area contributed by atoms with E-state index in [4.69, 9.17) is 0 Å². The van der Waals surface area contributed by atoms with E-state index in [1.54, 1.807) is 0 Å². The highest BCUT2D eigenvalue weighted by atomic mass is 15.2. The van der Waals surface area contributed by atoms with Gasteiger partial charge in [0, 0.05) is 26.2 Å². The van der Waals surface area contributed by atoms with Gasteiger partial charge < -0.3 is 5.32 Å². The van der Waals surface area contributed by atoms with E-state index in [-0.39, 0.29) is 0 Å². The average Bonchev–Trinajstić information content (AvgIpc) is 2.73. The first-order valence-corrected chi connectivity index (χ1v) is 9.90. The summed E-state index contributed by atoms with van der Waals surface area (Å²) in [6.45, 7) is 8.71. The lowest BCUT2D eigenvalue weighted by molar-refractivity contribution is 0.198. The van der Waals surface area contributed by atoms with Crippen molar-refractivity contribution >= 4 is 0 Å². The molecule has 0 aromatic heterocycles. The number of nitrogens with one attached hydrogen (secondary N) is 1. The van der Waals surface area contributed by atoms with Gasteiger partial charge in [-0.15, -0.1) is 0 Å². The van der Waals surface area contributed by atoms with E-state index in [2.05, 4.69) is 96.9 Å². The van der Waals surface area contributed by atoms with Crippen molar-refractivity contribution in [2.45, 2.75) is 19.9 Å². The fraction of sp³-hybridized carbons (Fsp3) is 0.280. The maximum absolute atomic E-state index is 3.49. The van der Waals surface area contributed by atoms with E-state index in [0.717, 1.165) is 26.2 Å². The van der Waals surface area contributed by atoms with Gasteiger partial charge >= 0.3 is 0 Å². The largest absolute Gasteiger partial charge is 0.314 e. The van der Waals surface area contributed by atoms with Crippen LogP contribution in [-0.2, 0) is 0 Å². The molecule has 2 nitrogen and oxygen atoms in total. The number of benzene rings is 3. The minimum atomic E-state index is 0.317. The lowest BCUT2D eigenvalue weighted by atomic mass is 9.91. The van der Waals surface area contributed by atoms with Crippen molar-refractivity contribution in [2.24, 2.45) is 0 Å². The number of hydrogen-bond acceptors (Lipinski definition) is 2. The normalized spacial score (nSPS) is 16.2. The summed E-state index contributed by atoms with van der Waals surface area (Å²) in [6, 6.07) is 26.9. The molecule has 1 aliphatic rings. The monoisotopic (exact) mass is 356 g/mol. The molecule has 0 spiro atoms. The molecule has 3 aromatic rings. The zero-order chi connectivity index (χ0) is 18.6. The van der Waals surface area contributed by atoms with Gasteiger partial charge in [-0.1, -0.05) is 78.4 Å². The van der Waals surface area contributed by atoms with Gasteiger partial charge in [0.25, 0.3) is 0 Å².